The van der Waals surface area contributed by atoms with E-state index in [9.17, 15) is 4.79 Å². The van der Waals surface area contributed by atoms with Crippen LogP contribution in [-0.2, 0) is 13.1 Å². The molecule has 0 atom stereocenters. The van der Waals surface area contributed by atoms with Gasteiger partial charge in [0.1, 0.15) is 11.5 Å². The van der Waals surface area contributed by atoms with Crippen molar-refractivity contribution in [2.24, 2.45) is 0 Å². The molecular weight excluding hydrogens is 400 g/mol. The summed E-state index contributed by atoms with van der Waals surface area (Å²) in [5.41, 5.74) is 6.33. The molecule has 0 saturated heterocycles. The van der Waals surface area contributed by atoms with Gasteiger partial charge in [-0.3, -0.25) is 4.79 Å². The maximum Gasteiger partial charge on any atom is 0.251 e. The van der Waals surface area contributed by atoms with Gasteiger partial charge < -0.3 is 19.4 Å². The number of hydrogen-bond donors (Lipinski definition) is 1. The molecule has 1 amide bonds. The Morgan fingerprint density at radius 1 is 0.938 bits per heavy atom. The first-order chi connectivity index (χ1) is 15.5. The topological polar surface area (TPSA) is 52.5 Å². The van der Waals surface area contributed by atoms with E-state index in [1.165, 1.54) is 16.8 Å². The van der Waals surface area contributed by atoms with Crippen LogP contribution in [0.4, 0.5) is 0 Å². The highest BCUT2D eigenvalue weighted by Gasteiger charge is 2.15. The zero-order valence-corrected chi connectivity index (χ0v) is 18.9. The lowest BCUT2D eigenvalue weighted by Gasteiger charge is -2.12. The van der Waals surface area contributed by atoms with Crippen molar-refractivity contribution in [3.05, 3.63) is 94.7 Å². The minimum absolute atomic E-state index is 0.113. The number of rotatable bonds is 7. The Morgan fingerprint density at radius 2 is 1.72 bits per heavy atom. The molecule has 1 N–H and O–H groups in total. The molecule has 4 rings (SSSR count). The van der Waals surface area contributed by atoms with Gasteiger partial charge in [0, 0.05) is 46.9 Å². The molecule has 4 aromatic rings. The minimum atomic E-state index is -0.113. The summed E-state index contributed by atoms with van der Waals surface area (Å²) in [6.07, 6.45) is 0. The van der Waals surface area contributed by atoms with Crippen molar-refractivity contribution in [2.75, 3.05) is 14.2 Å². The number of hydrogen-bond acceptors (Lipinski definition) is 3. The molecule has 32 heavy (non-hydrogen) atoms. The van der Waals surface area contributed by atoms with Crippen LogP contribution in [-0.4, -0.2) is 24.7 Å². The van der Waals surface area contributed by atoms with E-state index in [4.69, 9.17) is 9.47 Å². The van der Waals surface area contributed by atoms with Gasteiger partial charge in [0.15, 0.2) is 0 Å². The predicted octanol–water partition coefficient (Wildman–Crippen LogP) is 5.25. The van der Waals surface area contributed by atoms with Gasteiger partial charge in [-0.05, 0) is 55.3 Å². The summed E-state index contributed by atoms with van der Waals surface area (Å²) in [6.45, 7) is 5.42. The van der Waals surface area contributed by atoms with Gasteiger partial charge in [0.05, 0.1) is 14.2 Å². The van der Waals surface area contributed by atoms with Crippen LogP contribution in [0.5, 0.6) is 11.5 Å². The smallest absolute Gasteiger partial charge is 0.251 e. The lowest BCUT2D eigenvalue weighted by molar-refractivity contribution is 0.0951. The quantitative estimate of drug-likeness (QED) is 0.437. The van der Waals surface area contributed by atoms with E-state index in [1.807, 2.05) is 42.5 Å². The van der Waals surface area contributed by atoms with E-state index in [1.54, 1.807) is 14.2 Å². The molecule has 0 bridgehead atoms. The van der Waals surface area contributed by atoms with E-state index in [-0.39, 0.29) is 5.91 Å². The van der Waals surface area contributed by atoms with Crippen molar-refractivity contribution in [3.63, 3.8) is 0 Å². The first-order valence-electron chi connectivity index (χ1n) is 10.6. The number of ether oxygens (including phenoxy) is 2. The Hall–Kier alpha value is -3.73. The average Bonchev–Trinajstić information content (AvgIpc) is 3.07. The third-order valence-corrected chi connectivity index (χ3v) is 6.02. The fourth-order valence-electron chi connectivity index (χ4n) is 4.04. The second-order valence-electron chi connectivity index (χ2n) is 7.87. The van der Waals surface area contributed by atoms with Gasteiger partial charge in [-0.2, -0.15) is 0 Å². The fraction of sp³-hybridized carbons (Fsp3) is 0.222. The number of aromatic nitrogens is 1. The average molecular weight is 429 g/mol. The zero-order valence-electron chi connectivity index (χ0n) is 18.9. The number of fused-ring (bicyclic) bond motifs is 1. The molecule has 0 spiro atoms. The normalized spacial score (nSPS) is 10.9. The van der Waals surface area contributed by atoms with Crippen LogP contribution in [0.25, 0.3) is 10.9 Å². The van der Waals surface area contributed by atoms with Crippen LogP contribution in [0.3, 0.4) is 0 Å². The van der Waals surface area contributed by atoms with Crippen LogP contribution in [0.1, 0.15) is 32.7 Å². The SMILES string of the molecule is COc1ccc(CNC(=O)c2ccc3c(c2)c(C)c(C)n3Cc2ccccc2)c(OC)c1. The summed E-state index contributed by atoms with van der Waals surface area (Å²) < 4.78 is 13.0. The molecule has 0 aliphatic rings. The summed E-state index contributed by atoms with van der Waals surface area (Å²) in [6, 6.07) is 21.9. The van der Waals surface area contributed by atoms with Crippen molar-refractivity contribution in [1.29, 1.82) is 0 Å². The summed E-state index contributed by atoms with van der Waals surface area (Å²) in [4.78, 5) is 12.9. The Morgan fingerprint density at radius 3 is 2.44 bits per heavy atom. The lowest BCUT2D eigenvalue weighted by Crippen LogP contribution is -2.23. The minimum Gasteiger partial charge on any atom is -0.497 e. The summed E-state index contributed by atoms with van der Waals surface area (Å²) in [7, 11) is 3.22. The number of carbonyl (C=O) groups excluding carboxylic acids is 1. The second kappa shape index (κ2) is 9.18. The van der Waals surface area contributed by atoms with Gasteiger partial charge in [-0.25, -0.2) is 0 Å². The molecule has 5 nitrogen and oxygen atoms in total. The van der Waals surface area contributed by atoms with Gasteiger partial charge in [-0.15, -0.1) is 0 Å². The maximum absolute atomic E-state index is 12.9. The van der Waals surface area contributed by atoms with Crippen LogP contribution < -0.4 is 14.8 Å². The van der Waals surface area contributed by atoms with Crippen LogP contribution >= 0.6 is 0 Å². The van der Waals surface area contributed by atoms with Crippen molar-refractivity contribution in [2.45, 2.75) is 26.9 Å². The molecule has 164 valence electrons. The number of benzene rings is 3. The first kappa shape index (κ1) is 21.5. The highest BCUT2D eigenvalue weighted by Crippen LogP contribution is 2.28. The van der Waals surface area contributed by atoms with Crippen LogP contribution in [0, 0.1) is 13.8 Å². The van der Waals surface area contributed by atoms with Crippen LogP contribution in [0.15, 0.2) is 66.7 Å². The molecule has 0 aliphatic carbocycles. The Balaban J connectivity index is 1.56. The zero-order chi connectivity index (χ0) is 22.7. The standard InChI is InChI=1S/C27H28N2O3/c1-18-19(2)29(17-20-8-6-5-7-9-20)25-13-11-21(14-24(18)25)27(30)28-16-22-10-12-23(31-3)15-26(22)32-4/h5-15H,16-17H2,1-4H3,(H,28,30). The number of amides is 1. The van der Waals surface area contributed by atoms with Gasteiger partial charge in [0.2, 0.25) is 0 Å². The fourth-order valence-corrected chi connectivity index (χ4v) is 4.04. The molecule has 0 radical (unpaired) electrons. The van der Waals surface area contributed by atoms with Gasteiger partial charge in [-0.1, -0.05) is 30.3 Å². The predicted molar refractivity (Wildman–Crippen MR) is 128 cm³/mol. The third kappa shape index (κ3) is 4.19. The summed E-state index contributed by atoms with van der Waals surface area (Å²) in [5, 5.41) is 4.11. The summed E-state index contributed by atoms with van der Waals surface area (Å²) >= 11 is 0. The maximum atomic E-state index is 12.9. The third-order valence-electron chi connectivity index (χ3n) is 6.02. The number of methoxy groups -OCH3 is 2. The van der Waals surface area contributed by atoms with Crippen LogP contribution in [0.2, 0.25) is 0 Å². The molecule has 0 fully saturated rings. The molecule has 0 aliphatic heterocycles. The van der Waals surface area contributed by atoms with E-state index >= 15 is 0 Å². The lowest BCUT2D eigenvalue weighted by atomic mass is 10.1. The van der Waals surface area contributed by atoms with E-state index in [2.05, 4.69) is 48.0 Å². The van der Waals surface area contributed by atoms with Gasteiger partial charge in [0.25, 0.3) is 5.91 Å². The molecule has 0 unspecified atom stereocenters. The molecule has 1 heterocycles. The van der Waals surface area contributed by atoms with Crippen molar-refractivity contribution < 1.29 is 14.3 Å². The molecule has 0 saturated carbocycles. The number of nitrogens with one attached hydrogen (secondary N) is 1. The van der Waals surface area contributed by atoms with Gasteiger partial charge >= 0.3 is 0 Å². The number of aryl methyl sites for hydroxylation is 1. The highest BCUT2D eigenvalue weighted by molar-refractivity contribution is 5.99. The van der Waals surface area contributed by atoms with E-state index in [0.717, 1.165) is 23.0 Å². The number of nitrogens with zero attached hydrogens (tertiary/aromatic N) is 1. The highest BCUT2D eigenvalue weighted by atomic mass is 16.5. The first-order valence-corrected chi connectivity index (χ1v) is 10.6. The van der Waals surface area contributed by atoms with Crippen molar-refractivity contribution in [3.8, 4) is 11.5 Å². The monoisotopic (exact) mass is 428 g/mol. The molecule has 1 aromatic heterocycles. The van der Waals surface area contributed by atoms with E-state index < -0.39 is 0 Å². The second-order valence-corrected chi connectivity index (χ2v) is 7.87. The Kier molecular flexibility index (Phi) is 6.17. The molecule has 3 aromatic carbocycles. The molecular formula is C27H28N2O3. The van der Waals surface area contributed by atoms with Crippen molar-refractivity contribution >= 4 is 16.8 Å². The van der Waals surface area contributed by atoms with Crippen molar-refractivity contribution in [1.82, 2.24) is 9.88 Å². The Labute approximate surface area is 188 Å². The Bertz CT molecular complexity index is 1260. The number of carbonyl (C=O) groups is 1. The summed E-state index contributed by atoms with van der Waals surface area (Å²) in [5.74, 6) is 1.29. The largest absolute Gasteiger partial charge is 0.497 e. The molecule has 5 heteroatoms. The van der Waals surface area contributed by atoms with E-state index in [0.29, 0.717) is 23.6 Å².